The maximum atomic E-state index is 11.8. The van der Waals surface area contributed by atoms with Crippen LogP contribution in [0.4, 0.5) is 10.5 Å². The Kier molecular flexibility index (Phi) is 10.6. The van der Waals surface area contributed by atoms with Gasteiger partial charge in [0.15, 0.2) is 5.96 Å². The minimum atomic E-state index is -0.516. The van der Waals surface area contributed by atoms with E-state index in [-0.39, 0.29) is 24.0 Å². The van der Waals surface area contributed by atoms with Crippen LogP contribution in [0.1, 0.15) is 39.0 Å². The molecule has 3 N–H and O–H groups in total. The Hall–Kier alpha value is -2.30. The molecule has 2 rings (SSSR count). The molecular weight excluding hydrogens is 495 g/mol. The lowest BCUT2D eigenvalue weighted by molar-refractivity contribution is 0.0636. The molecule has 0 aliphatic carbocycles. The van der Waals surface area contributed by atoms with Gasteiger partial charge >= 0.3 is 6.09 Å². The Balaban J connectivity index is 0.00000450. The molecule has 0 spiro atoms. The fourth-order valence-corrected chi connectivity index (χ4v) is 2.56. The molecule has 1 aromatic carbocycles. The zero-order chi connectivity index (χ0) is 21.3. The van der Waals surface area contributed by atoms with Gasteiger partial charge < -0.3 is 15.4 Å². The largest absolute Gasteiger partial charge is 0.444 e. The number of ether oxygens (including phenoxy) is 1. The van der Waals surface area contributed by atoms with Gasteiger partial charge in [0.25, 0.3) is 0 Å². The number of aromatic nitrogens is 2. The van der Waals surface area contributed by atoms with E-state index in [1.807, 2.05) is 69.8 Å². The first-order valence-corrected chi connectivity index (χ1v) is 9.85. The highest BCUT2D eigenvalue weighted by molar-refractivity contribution is 14.0. The Morgan fingerprint density at radius 3 is 2.43 bits per heavy atom. The minimum Gasteiger partial charge on any atom is -0.444 e. The molecule has 0 fully saturated rings. The highest BCUT2D eigenvalue weighted by Crippen LogP contribution is 2.13. The van der Waals surface area contributed by atoms with Crippen LogP contribution in [0.25, 0.3) is 0 Å². The maximum absolute atomic E-state index is 11.8. The van der Waals surface area contributed by atoms with Crippen molar-refractivity contribution in [2.24, 2.45) is 12.0 Å². The van der Waals surface area contributed by atoms with Crippen LogP contribution < -0.4 is 16.0 Å². The van der Waals surface area contributed by atoms with Gasteiger partial charge in [-0.05, 0) is 57.9 Å². The van der Waals surface area contributed by atoms with E-state index in [2.05, 4.69) is 26.0 Å². The van der Waals surface area contributed by atoms with Crippen molar-refractivity contribution >= 4 is 41.7 Å². The van der Waals surface area contributed by atoms with E-state index in [9.17, 15) is 4.79 Å². The van der Waals surface area contributed by atoms with Gasteiger partial charge in [0.1, 0.15) is 5.60 Å². The molecule has 30 heavy (non-hydrogen) atoms. The fourth-order valence-electron chi connectivity index (χ4n) is 2.56. The van der Waals surface area contributed by atoms with E-state index in [4.69, 9.17) is 4.74 Å². The molecule has 1 heterocycles. The predicted octanol–water partition coefficient (Wildman–Crippen LogP) is 3.68. The van der Waals surface area contributed by atoms with Crippen molar-refractivity contribution in [3.8, 4) is 0 Å². The Morgan fingerprint density at radius 2 is 1.87 bits per heavy atom. The van der Waals surface area contributed by atoms with Gasteiger partial charge in [-0.3, -0.25) is 10.00 Å². The molecule has 0 radical (unpaired) electrons. The van der Waals surface area contributed by atoms with Crippen molar-refractivity contribution in [3.05, 3.63) is 47.8 Å². The van der Waals surface area contributed by atoms with E-state index in [1.54, 1.807) is 6.20 Å². The predicted molar refractivity (Wildman–Crippen MR) is 131 cm³/mol. The number of guanidine groups is 1. The molecule has 9 heteroatoms. The summed E-state index contributed by atoms with van der Waals surface area (Å²) in [6.07, 6.45) is 2.15. The summed E-state index contributed by atoms with van der Waals surface area (Å²) < 4.78 is 7.08. The molecule has 0 bridgehead atoms. The quantitative estimate of drug-likeness (QED) is 0.290. The number of nitrogens with one attached hydrogen (secondary N) is 3. The molecule has 1 aromatic heterocycles. The third-order valence-electron chi connectivity index (χ3n) is 3.97. The standard InChI is InChI=1S/C21H32N6O2.HI/c1-6-22-19(24-15-18-12-14-25-27(18)5)23-13-11-16-7-9-17(10-8-16)26-20(28)29-21(2,3)4;/h7-10,12,14H,6,11,13,15H2,1-5H3,(H,26,28)(H2,22,23,24);1H. The third-order valence-corrected chi connectivity index (χ3v) is 3.97. The molecule has 0 saturated heterocycles. The number of rotatable bonds is 7. The van der Waals surface area contributed by atoms with Crippen molar-refractivity contribution in [1.29, 1.82) is 0 Å². The Labute approximate surface area is 195 Å². The van der Waals surface area contributed by atoms with Crippen LogP contribution in [-0.2, 0) is 24.8 Å². The molecule has 0 aliphatic heterocycles. The summed E-state index contributed by atoms with van der Waals surface area (Å²) in [7, 11) is 1.91. The lowest BCUT2D eigenvalue weighted by Gasteiger charge is -2.19. The maximum Gasteiger partial charge on any atom is 0.412 e. The molecule has 8 nitrogen and oxygen atoms in total. The summed E-state index contributed by atoms with van der Waals surface area (Å²) >= 11 is 0. The number of carbonyl (C=O) groups is 1. The monoisotopic (exact) mass is 528 g/mol. The van der Waals surface area contributed by atoms with E-state index < -0.39 is 11.7 Å². The van der Waals surface area contributed by atoms with E-state index in [1.165, 1.54) is 0 Å². The molecule has 0 atom stereocenters. The summed E-state index contributed by atoms with van der Waals surface area (Å²) in [5.41, 5.74) is 2.41. The van der Waals surface area contributed by atoms with Crippen molar-refractivity contribution in [1.82, 2.24) is 20.4 Å². The molecule has 0 saturated carbocycles. The second-order valence-corrected chi connectivity index (χ2v) is 7.64. The lowest BCUT2D eigenvalue weighted by Crippen LogP contribution is -2.38. The zero-order valence-corrected chi connectivity index (χ0v) is 20.7. The van der Waals surface area contributed by atoms with E-state index in [0.29, 0.717) is 12.2 Å². The molecule has 0 unspecified atom stereocenters. The Morgan fingerprint density at radius 1 is 1.17 bits per heavy atom. The summed E-state index contributed by atoms with van der Waals surface area (Å²) in [6, 6.07) is 9.70. The molecule has 166 valence electrons. The SMILES string of the molecule is CCNC(=NCc1ccnn1C)NCCc1ccc(NC(=O)OC(C)(C)C)cc1.I. The van der Waals surface area contributed by atoms with Gasteiger partial charge in [0.2, 0.25) is 0 Å². The first kappa shape index (κ1) is 25.7. The van der Waals surface area contributed by atoms with Crippen molar-refractivity contribution in [2.45, 2.75) is 46.3 Å². The van der Waals surface area contributed by atoms with E-state index >= 15 is 0 Å². The van der Waals surface area contributed by atoms with Gasteiger partial charge in [-0.2, -0.15) is 5.10 Å². The van der Waals surface area contributed by atoms with Gasteiger partial charge in [0, 0.05) is 32.0 Å². The number of halogens is 1. The van der Waals surface area contributed by atoms with Crippen LogP contribution in [0.3, 0.4) is 0 Å². The second kappa shape index (κ2) is 12.4. The van der Waals surface area contributed by atoms with Crippen molar-refractivity contribution in [2.75, 3.05) is 18.4 Å². The minimum absolute atomic E-state index is 0. The van der Waals surface area contributed by atoms with Gasteiger partial charge in [0.05, 0.1) is 12.2 Å². The van der Waals surface area contributed by atoms with Crippen LogP contribution in [0.15, 0.2) is 41.5 Å². The van der Waals surface area contributed by atoms with Crippen LogP contribution in [-0.4, -0.2) is 40.5 Å². The van der Waals surface area contributed by atoms with Gasteiger partial charge in [-0.15, -0.1) is 24.0 Å². The number of nitrogens with zero attached hydrogens (tertiary/aromatic N) is 3. The number of carbonyl (C=O) groups excluding carboxylic acids is 1. The average molecular weight is 528 g/mol. The third kappa shape index (κ3) is 9.47. The summed E-state index contributed by atoms with van der Waals surface area (Å²) in [5, 5.41) is 13.5. The molecule has 1 amide bonds. The van der Waals surface area contributed by atoms with Crippen molar-refractivity contribution < 1.29 is 9.53 Å². The molecule has 0 aliphatic rings. The number of aliphatic imine (C=N–C) groups is 1. The molecule has 2 aromatic rings. The zero-order valence-electron chi connectivity index (χ0n) is 18.4. The van der Waals surface area contributed by atoms with Crippen LogP contribution >= 0.6 is 24.0 Å². The second-order valence-electron chi connectivity index (χ2n) is 7.64. The first-order chi connectivity index (χ1) is 13.8. The molecular formula is C21H33IN6O2. The number of aryl methyl sites for hydroxylation is 1. The number of benzene rings is 1. The number of hydrogen-bond donors (Lipinski definition) is 3. The summed E-state index contributed by atoms with van der Waals surface area (Å²) in [4.78, 5) is 16.4. The summed E-state index contributed by atoms with van der Waals surface area (Å²) in [5.74, 6) is 0.775. The number of amides is 1. The number of anilines is 1. The van der Waals surface area contributed by atoms with E-state index in [0.717, 1.165) is 36.7 Å². The fraction of sp³-hybridized carbons (Fsp3) is 0.476. The first-order valence-electron chi connectivity index (χ1n) is 9.85. The van der Waals surface area contributed by atoms with Gasteiger partial charge in [-0.25, -0.2) is 9.79 Å². The Bertz CT molecular complexity index is 812. The highest BCUT2D eigenvalue weighted by atomic mass is 127. The smallest absolute Gasteiger partial charge is 0.412 e. The van der Waals surface area contributed by atoms with Crippen LogP contribution in [0.5, 0.6) is 0 Å². The lowest BCUT2D eigenvalue weighted by atomic mass is 10.1. The topological polar surface area (TPSA) is 92.6 Å². The van der Waals surface area contributed by atoms with Crippen LogP contribution in [0.2, 0.25) is 0 Å². The van der Waals surface area contributed by atoms with Gasteiger partial charge in [-0.1, -0.05) is 12.1 Å². The number of hydrogen-bond acceptors (Lipinski definition) is 4. The summed E-state index contributed by atoms with van der Waals surface area (Å²) in [6.45, 7) is 9.66. The average Bonchev–Trinajstić information content (AvgIpc) is 3.04. The normalized spacial score (nSPS) is 11.4. The van der Waals surface area contributed by atoms with Crippen molar-refractivity contribution in [3.63, 3.8) is 0 Å². The van der Waals surface area contributed by atoms with Crippen LogP contribution in [0, 0.1) is 0 Å². The highest BCUT2D eigenvalue weighted by Gasteiger charge is 2.16.